The molecule has 0 heterocycles. The number of rotatable bonds is 6. The average molecular weight is 478 g/mol. The largest absolute Gasteiger partial charge is 0.496 e. The zero-order valence-electron chi connectivity index (χ0n) is 17.0. The van der Waals surface area contributed by atoms with Crippen molar-refractivity contribution in [1.82, 2.24) is 5.43 Å². The van der Waals surface area contributed by atoms with E-state index in [1.54, 1.807) is 24.3 Å². The van der Waals surface area contributed by atoms with Crippen LogP contribution in [0.25, 0.3) is 11.1 Å². The van der Waals surface area contributed by atoms with Gasteiger partial charge in [0.15, 0.2) is 0 Å². The second kappa shape index (κ2) is 9.43. The third kappa shape index (κ3) is 5.57. The standard InChI is InChI=1S/C22H17F3N2O5S/c1-32-19-9-5-4-8-17(19)21(28)27-26-13-14-6-2-3-7-16(14)18-12-15(22(23,24)25)10-11-20(18)33(29,30)31/h2-13H,1H3,(H,27,28)(H,29,30,31)/b26-13+. The Hall–Kier alpha value is -3.70. The SMILES string of the molecule is COc1ccccc1C(=O)N/N=C/c1ccccc1-c1cc(C(F)(F)F)ccc1S(=O)(=O)O. The minimum atomic E-state index is -4.83. The number of methoxy groups -OCH3 is 1. The second-order valence-corrected chi connectivity index (χ2v) is 8.06. The quantitative estimate of drug-likeness (QED) is 0.311. The van der Waals surface area contributed by atoms with Crippen LogP contribution in [0.3, 0.4) is 0 Å². The van der Waals surface area contributed by atoms with Crippen molar-refractivity contribution >= 4 is 22.2 Å². The lowest BCUT2D eigenvalue weighted by atomic mass is 9.98. The number of benzene rings is 3. The summed E-state index contributed by atoms with van der Waals surface area (Å²) >= 11 is 0. The summed E-state index contributed by atoms with van der Waals surface area (Å²) in [5.74, 6) is -0.286. The fourth-order valence-corrected chi connectivity index (χ4v) is 3.74. The number of hydrogen-bond acceptors (Lipinski definition) is 5. The van der Waals surface area contributed by atoms with Crippen LogP contribution in [-0.4, -0.2) is 32.2 Å². The third-order valence-electron chi connectivity index (χ3n) is 4.56. The Balaban J connectivity index is 2.01. The predicted octanol–water partition coefficient (Wildman–Crippen LogP) is 4.39. The van der Waals surface area contributed by atoms with Gasteiger partial charge in [-0.2, -0.15) is 26.7 Å². The Labute approximate surface area is 187 Å². The lowest BCUT2D eigenvalue weighted by Gasteiger charge is -2.14. The van der Waals surface area contributed by atoms with E-state index in [1.807, 2.05) is 0 Å². The van der Waals surface area contributed by atoms with Crippen LogP contribution in [0.2, 0.25) is 0 Å². The van der Waals surface area contributed by atoms with E-state index < -0.39 is 32.7 Å². The average Bonchev–Trinajstić information content (AvgIpc) is 2.77. The van der Waals surface area contributed by atoms with Crippen LogP contribution >= 0.6 is 0 Å². The number of ether oxygens (including phenoxy) is 1. The molecule has 3 aromatic rings. The summed E-state index contributed by atoms with van der Waals surface area (Å²) in [4.78, 5) is 11.7. The third-order valence-corrected chi connectivity index (χ3v) is 5.47. The minimum absolute atomic E-state index is 0.0477. The molecule has 1 amide bonds. The van der Waals surface area contributed by atoms with E-state index in [4.69, 9.17) is 4.74 Å². The van der Waals surface area contributed by atoms with Crippen LogP contribution < -0.4 is 10.2 Å². The maximum atomic E-state index is 13.2. The molecular weight excluding hydrogens is 461 g/mol. The number of halogens is 3. The van der Waals surface area contributed by atoms with Gasteiger partial charge in [-0.05, 0) is 35.9 Å². The maximum absolute atomic E-state index is 13.2. The summed E-state index contributed by atoms with van der Waals surface area (Å²) in [6.45, 7) is 0. The number of nitrogens with one attached hydrogen (secondary N) is 1. The molecule has 3 aromatic carbocycles. The molecule has 7 nitrogen and oxygen atoms in total. The monoisotopic (exact) mass is 478 g/mol. The Bertz CT molecular complexity index is 1320. The lowest BCUT2D eigenvalue weighted by Crippen LogP contribution is -2.18. The molecule has 0 saturated carbocycles. The van der Waals surface area contributed by atoms with Gasteiger partial charge in [-0.3, -0.25) is 9.35 Å². The number of carbonyl (C=O) groups is 1. The van der Waals surface area contributed by atoms with Gasteiger partial charge in [0.05, 0.1) is 24.5 Å². The number of nitrogens with zero attached hydrogens (tertiary/aromatic N) is 1. The zero-order chi connectivity index (χ0) is 24.2. The first kappa shape index (κ1) is 24.0. The van der Waals surface area contributed by atoms with Crippen LogP contribution in [0.1, 0.15) is 21.5 Å². The smallest absolute Gasteiger partial charge is 0.416 e. The number of carbonyl (C=O) groups excluding carboxylic acids is 1. The Kier molecular flexibility index (Phi) is 6.84. The highest BCUT2D eigenvalue weighted by atomic mass is 32.2. The fourth-order valence-electron chi connectivity index (χ4n) is 3.05. The molecule has 11 heteroatoms. The van der Waals surface area contributed by atoms with Crippen LogP contribution in [0.15, 0.2) is 76.7 Å². The number of para-hydroxylation sites is 1. The Morgan fingerprint density at radius 3 is 2.36 bits per heavy atom. The summed E-state index contributed by atoms with van der Waals surface area (Å²) < 4.78 is 77.9. The van der Waals surface area contributed by atoms with Crippen molar-refractivity contribution in [2.45, 2.75) is 11.1 Å². The van der Waals surface area contributed by atoms with Gasteiger partial charge in [-0.25, -0.2) is 5.43 Å². The van der Waals surface area contributed by atoms with Crippen molar-refractivity contribution in [3.05, 3.63) is 83.4 Å². The van der Waals surface area contributed by atoms with E-state index in [0.29, 0.717) is 23.9 Å². The van der Waals surface area contributed by atoms with Gasteiger partial charge in [-0.1, -0.05) is 36.4 Å². The molecule has 3 rings (SSSR count). The number of hydrazone groups is 1. The van der Waals surface area contributed by atoms with E-state index in [-0.39, 0.29) is 22.3 Å². The summed E-state index contributed by atoms with van der Waals surface area (Å²) in [6, 6.07) is 14.1. The molecule has 0 unspecified atom stereocenters. The Morgan fingerprint density at radius 1 is 1.03 bits per heavy atom. The molecular formula is C22H17F3N2O5S. The molecule has 33 heavy (non-hydrogen) atoms. The van der Waals surface area contributed by atoms with Gasteiger partial charge in [0.1, 0.15) is 10.6 Å². The van der Waals surface area contributed by atoms with E-state index in [9.17, 15) is 30.9 Å². The topological polar surface area (TPSA) is 105 Å². The Morgan fingerprint density at radius 2 is 1.70 bits per heavy atom. The molecule has 0 aromatic heterocycles. The highest BCUT2D eigenvalue weighted by Crippen LogP contribution is 2.36. The molecule has 0 bridgehead atoms. The van der Waals surface area contributed by atoms with Gasteiger partial charge in [0.2, 0.25) is 0 Å². The molecule has 172 valence electrons. The second-order valence-electron chi connectivity index (χ2n) is 6.67. The van der Waals surface area contributed by atoms with E-state index in [1.165, 1.54) is 31.4 Å². The van der Waals surface area contributed by atoms with Crippen molar-refractivity contribution in [2.75, 3.05) is 7.11 Å². The van der Waals surface area contributed by atoms with E-state index >= 15 is 0 Å². The molecule has 0 radical (unpaired) electrons. The molecule has 0 fully saturated rings. The van der Waals surface area contributed by atoms with Crippen LogP contribution in [0.4, 0.5) is 13.2 Å². The summed E-state index contributed by atoms with van der Waals surface area (Å²) in [6.07, 6.45) is -3.59. The van der Waals surface area contributed by atoms with Gasteiger partial charge < -0.3 is 4.74 Å². The molecule has 0 spiro atoms. The fraction of sp³-hybridized carbons (Fsp3) is 0.0909. The molecule has 2 N–H and O–H groups in total. The number of amides is 1. The number of alkyl halides is 3. The van der Waals surface area contributed by atoms with Crippen LogP contribution in [-0.2, 0) is 16.3 Å². The van der Waals surface area contributed by atoms with Crippen molar-refractivity contribution in [2.24, 2.45) is 5.10 Å². The summed E-state index contributed by atoms with van der Waals surface area (Å²) in [5, 5.41) is 3.83. The van der Waals surface area contributed by atoms with Crippen LogP contribution in [0, 0.1) is 0 Å². The van der Waals surface area contributed by atoms with Gasteiger partial charge >= 0.3 is 6.18 Å². The molecule has 0 aliphatic rings. The highest BCUT2D eigenvalue weighted by Gasteiger charge is 2.32. The molecule has 0 atom stereocenters. The molecule has 0 aliphatic heterocycles. The summed E-state index contributed by atoms with van der Waals surface area (Å²) in [5.41, 5.74) is 1.27. The lowest BCUT2D eigenvalue weighted by molar-refractivity contribution is -0.137. The van der Waals surface area contributed by atoms with Crippen molar-refractivity contribution < 1.29 is 35.7 Å². The van der Waals surface area contributed by atoms with Gasteiger partial charge in [0.25, 0.3) is 16.0 Å². The highest BCUT2D eigenvalue weighted by molar-refractivity contribution is 7.86. The maximum Gasteiger partial charge on any atom is 0.416 e. The zero-order valence-corrected chi connectivity index (χ0v) is 17.8. The molecule has 0 aliphatic carbocycles. The van der Waals surface area contributed by atoms with E-state index in [2.05, 4.69) is 10.5 Å². The first-order valence-electron chi connectivity index (χ1n) is 9.27. The summed E-state index contributed by atoms with van der Waals surface area (Å²) in [7, 11) is -3.44. The number of hydrogen-bond donors (Lipinski definition) is 2. The molecule has 0 saturated heterocycles. The van der Waals surface area contributed by atoms with E-state index in [0.717, 1.165) is 6.21 Å². The first-order valence-corrected chi connectivity index (χ1v) is 10.7. The van der Waals surface area contributed by atoms with Gasteiger partial charge in [-0.15, -0.1) is 0 Å². The normalized spacial score (nSPS) is 12.0. The van der Waals surface area contributed by atoms with Gasteiger partial charge in [0, 0.05) is 11.1 Å². The predicted molar refractivity (Wildman–Crippen MR) is 115 cm³/mol. The van der Waals surface area contributed by atoms with Crippen molar-refractivity contribution in [1.29, 1.82) is 0 Å². The van der Waals surface area contributed by atoms with Crippen molar-refractivity contribution in [3.8, 4) is 16.9 Å². The van der Waals surface area contributed by atoms with Crippen molar-refractivity contribution in [3.63, 3.8) is 0 Å². The minimum Gasteiger partial charge on any atom is -0.496 e. The first-order chi connectivity index (χ1) is 15.5. The van der Waals surface area contributed by atoms with Crippen LogP contribution in [0.5, 0.6) is 5.75 Å².